The van der Waals surface area contributed by atoms with E-state index in [9.17, 15) is 0 Å². The Morgan fingerprint density at radius 1 is 0.423 bits per heavy atom. The highest BCUT2D eigenvalue weighted by molar-refractivity contribution is 6.22. The van der Waals surface area contributed by atoms with E-state index in [0.717, 1.165) is 11.3 Å². The number of allylic oxidation sites excluding steroid dienone is 2. The molecule has 2 heterocycles. The van der Waals surface area contributed by atoms with Gasteiger partial charge in [0.25, 0.3) is 0 Å². The van der Waals surface area contributed by atoms with Crippen LogP contribution in [-0.2, 0) is 0 Å². The predicted molar refractivity (Wildman–Crippen MR) is 216 cm³/mol. The first-order valence-electron chi connectivity index (χ1n) is 18.0. The second-order valence-electron chi connectivity index (χ2n) is 13.9. The van der Waals surface area contributed by atoms with Crippen LogP contribution in [0.5, 0.6) is 5.75 Å². The number of rotatable bonds is 4. The van der Waals surface area contributed by atoms with E-state index in [2.05, 4.69) is 170 Å². The third kappa shape index (κ3) is 4.25. The van der Waals surface area contributed by atoms with Crippen molar-refractivity contribution >= 4 is 48.7 Å². The fraction of sp³-hybridized carbons (Fsp3) is 0.0400. The van der Waals surface area contributed by atoms with Gasteiger partial charge in [-0.2, -0.15) is 0 Å². The summed E-state index contributed by atoms with van der Waals surface area (Å²) in [7, 11) is 0. The average molecular weight is 665 g/mol. The minimum absolute atomic E-state index is 0.0644. The molecular formula is C50H32O2. The maximum absolute atomic E-state index is 6.91. The Morgan fingerprint density at radius 2 is 0.923 bits per heavy atom. The van der Waals surface area contributed by atoms with Crippen LogP contribution in [0.1, 0.15) is 17.0 Å². The number of hydrogen-bond acceptors (Lipinski definition) is 2. The Balaban J connectivity index is 1.11. The molecule has 0 spiro atoms. The van der Waals surface area contributed by atoms with Crippen LogP contribution in [0.4, 0.5) is 0 Å². The summed E-state index contributed by atoms with van der Waals surface area (Å²) in [5, 5.41) is 9.90. The molecule has 0 saturated carbocycles. The smallest absolute Gasteiger partial charge is 0.128 e. The third-order valence-electron chi connectivity index (χ3n) is 11.2. The molecule has 1 aromatic heterocycles. The van der Waals surface area contributed by atoms with E-state index >= 15 is 0 Å². The van der Waals surface area contributed by atoms with Crippen LogP contribution < -0.4 is 4.74 Å². The van der Waals surface area contributed by atoms with Crippen molar-refractivity contribution in [2.24, 2.45) is 0 Å². The van der Waals surface area contributed by atoms with E-state index in [1.54, 1.807) is 6.26 Å². The Hall–Kier alpha value is -6.64. The van der Waals surface area contributed by atoms with Gasteiger partial charge < -0.3 is 9.15 Å². The summed E-state index contributed by atoms with van der Waals surface area (Å²) in [6, 6.07) is 55.0. The molecule has 9 aromatic rings. The molecular weight excluding hydrogens is 633 g/mol. The summed E-state index contributed by atoms with van der Waals surface area (Å²) in [5.74, 6) is 1.02. The average Bonchev–Trinajstić information content (AvgIpc) is 3.87. The molecule has 1 aliphatic heterocycles. The topological polar surface area (TPSA) is 22.4 Å². The lowest BCUT2D eigenvalue weighted by atomic mass is 9.77. The summed E-state index contributed by atoms with van der Waals surface area (Å²) in [6.07, 6.45) is 10.2. The fourth-order valence-corrected chi connectivity index (χ4v) is 9.06. The van der Waals surface area contributed by atoms with Crippen LogP contribution in [0.3, 0.4) is 0 Å². The van der Waals surface area contributed by atoms with Gasteiger partial charge in [0, 0.05) is 16.7 Å². The molecule has 244 valence electrons. The number of hydrogen-bond donors (Lipinski definition) is 0. The Morgan fingerprint density at radius 3 is 1.46 bits per heavy atom. The molecule has 0 radical (unpaired) electrons. The van der Waals surface area contributed by atoms with Gasteiger partial charge in [-0.15, -0.1) is 0 Å². The number of benzene rings is 8. The summed E-state index contributed by atoms with van der Waals surface area (Å²) in [5.41, 5.74) is 11.0. The van der Waals surface area contributed by atoms with Gasteiger partial charge in [-0.25, -0.2) is 0 Å². The summed E-state index contributed by atoms with van der Waals surface area (Å²) in [6.45, 7) is 0. The first kappa shape index (κ1) is 29.1. The second-order valence-corrected chi connectivity index (χ2v) is 13.9. The van der Waals surface area contributed by atoms with Crippen LogP contribution in [-0.4, -0.2) is 6.10 Å². The van der Waals surface area contributed by atoms with Crippen molar-refractivity contribution in [2.75, 3.05) is 0 Å². The SMILES string of the molecule is C1=CC2Oc3cc(-c4c5ccccc5c(-c5ccccc5)c5ccccc45)ccc3C2C(c2c3ccccc3c(-c3ccoc3)c3ccccc23)=C1. The van der Waals surface area contributed by atoms with Gasteiger partial charge in [0.15, 0.2) is 0 Å². The van der Waals surface area contributed by atoms with Gasteiger partial charge in [0.1, 0.15) is 11.9 Å². The molecule has 8 aromatic carbocycles. The second kappa shape index (κ2) is 11.4. The normalized spacial score (nSPS) is 16.3. The van der Waals surface area contributed by atoms with Crippen molar-refractivity contribution < 1.29 is 9.15 Å². The fourth-order valence-electron chi connectivity index (χ4n) is 9.06. The molecule has 0 fully saturated rings. The first-order valence-corrected chi connectivity index (χ1v) is 18.0. The third-order valence-corrected chi connectivity index (χ3v) is 11.2. The summed E-state index contributed by atoms with van der Waals surface area (Å²) < 4.78 is 12.5. The zero-order chi connectivity index (χ0) is 34.2. The Bertz CT molecular complexity index is 2820. The van der Waals surface area contributed by atoms with Crippen LogP contribution in [0.2, 0.25) is 0 Å². The lowest BCUT2D eigenvalue weighted by Crippen LogP contribution is -2.19. The standard InChI is InChI=1S/C50H32O2/c1-2-13-31(14-3-1)46-34-15-4-6-17-36(34)47(37-18-7-5-16-35(37)46)32-25-26-42-45(29-32)52-44-24-12-23-43(50(42)44)49-40-21-10-8-19-38(40)48(33-27-28-51-30-33)39-20-9-11-22-41(39)49/h1-30,44,50H. The summed E-state index contributed by atoms with van der Waals surface area (Å²) >= 11 is 0. The minimum atomic E-state index is -0.0923. The highest BCUT2D eigenvalue weighted by atomic mass is 16.5. The quantitative estimate of drug-likeness (QED) is 0.175. The molecule has 2 atom stereocenters. The predicted octanol–water partition coefficient (Wildman–Crippen LogP) is 13.4. The largest absolute Gasteiger partial charge is 0.485 e. The molecule has 2 unspecified atom stereocenters. The van der Waals surface area contributed by atoms with E-state index in [-0.39, 0.29) is 12.0 Å². The molecule has 52 heavy (non-hydrogen) atoms. The molecule has 11 rings (SSSR count). The van der Waals surface area contributed by atoms with E-state index in [4.69, 9.17) is 9.15 Å². The van der Waals surface area contributed by atoms with Gasteiger partial charge in [0.05, 0.1) is 18.4 Å². The molecule has 2 aliphatic rings. The molecule has 0 bridgehead atoms. The Labute approximate surface area is 301 Å². The van der Waals surface area contributed by atoms with E-state index in [1.165, 1.54) is 87.6 Å². The molecule has 2 nitrogen and oxygen atoms in total. The summed E-state index contributed by atoms with van der Waals surface area (Å²) in [4.78, 5) is 0. The van der Waals surface area contributed by atoms with Crippen molar-refractivity contribution in [2.45, 2.75) is 12.0 Å². The zero-order valence-corrected chi connectivity index (χ0v) is 28.3. The number of ether oxygens (including phenoxy) is 1. The highest BCUT2D eigenvalue weighted by Gasteiger charge is 2.38. The van der Waals surface area contributed by atoms with Crippen LogP contribution in [0, 0.1) is 0 Å². The number of fused-ring (bicyclic) bond motifs is 7. The first-order chi connectivity index (χ1) is 25.8. The van der Waals surface area contributed by atoms with E-state index in [1.807, 2.05) is 6.26 Å². The van der Waals surface area contributed by atoms with Crippen molar-refractivity contribution in [3.63, 3.8) is 0 Å². The molecule has 2 heteroatoms. The van der Waals surface area contributed by atoms with Gasteiger partial charge in [-0.1, -0.05) is 152 Å². The van der Waals surface area contributed by atoms with Crippen molar-refractivity contribution in [1.82, 2.24) is 0 Å². The molecule has 0 N–H and O–H groups in total. The zero-order valence-electron chi connectivity index (χ0n) is 28.3. The van der Waals surface area contributed by atoms with Crippen molar-refractivity contribution in [3.05, 3.63) is 194 Å². The lowest BCUT2D eigenvalue weighted by Gasteiger charge is -2.26. The maximum atomic E-state index is 6.91. The van der Waals surface area contributed by atoms with Gasteiger partial charge in [-0.05, 0) is 94.7 Å². The number of furan rings is 1. The molecule has 0 amide bonds. The lowest BCUT2D eigenvalue weighted by molar-refractivity contribution is 0.272. The minimum Gasteiger partial charge on any atom is -0.485 e. The molecule has 0 saturated heterocycles. The van der Waals surface area contributed by atoms with Gasteiger partial charge in [0.2, 0.25) is 0 Å². The van der Waals surface area contributed by atoms with E-state index < -0.39 is 0 Å². The van der Waals surface area contributed by atoms with Gasteiger partial charge >= 0.3 is 0 Å². The highest BCUT2D eigenvalue weighted by Crippen LogP contribution is 2.53. The van der Waals surface area contributed by atoms with Gasteiger partial charge in [-0.3, -0.25) is 0 Å². The van der Waals surface area contributed by atoms with Crippen molar-refractivity contribution in [1.29, 1.82) is 0 Å². The van der Waals surface area contributed by atoms with E-state index in [0.29, 0.717) is 0 Å². The maximum Gasteiger partial charge on any atom is 0.128 e. The molecule has 1 aliphatic carbocycles. The van der Waals surface area contributed by atoms with Crippen LogP contribution in [0.15, 0.2) is 187 Å². The van der Waals surface area contributed by atoms with Crippen molar-refractivity contribution in [3.8, 4) is 39.1 Å². The Kier molecular flexibility index (Phi) is 6.41. The van der Waals surface area contributed by atoms with Crippen LogP contribution >= 0.6 is 0 Å². The van der Waals surface area contributed by atoms with Crippen LogP contribution in [0.25, 0.3) is 82.0 Å². The monoisotopic (exact) mass is 664 g/mol.